The molecule has 1 heterocycles. The van der Waals surface area contributed by atoms with Crippen LogP contribution in [-0.4, -0.2) is 56.0 Å². The van der Waals surface area contributed by atoms with E-state index >= 15 is 0 Å². The molecule has 4 aromatic rings. The highest BCUT2D eigenvalue weighted by molar-refractivity contribution is 7.89. The fourth-order valence-corrected chi connectivity index (χ4v) is 7.23. The van der Waals surface area contributed by atoms with Gasteiger partial charge in [0.1, 0.15) is 12.1 Å². The van der Waals surface area contributed by atoms with Crippen LogP contribution in [0.1, 0.15) is 34.6 Å². The molecule has 228 valence electrons. The molecule has 2 N–H and O–H groups in total. The number of carboxylic acid groups (broad SMARTS) is 1. The molecule has 2 atom stereocenters. The molecule has 9 nitrogen and oxygen atoms in total. The first-order chi connectivity index (χ1) is 21.2. The van der Waals surface area contributed by atoms with Gasteiger partial charge < -0.3 is 19.9 Å². The molecule has 0 fully saturated rings. The van der Waals surface area contributed by atoms with E-state index in [-0.39, 0.29) is 35.9 Å². The van der Waals surface area contributed by atoms with E-state index in [4.69, 9.17) is 9.47 Å². The Hall–Kier alpha value is -4.67. The molecule has 1 aliphatic rings. The zero-order chi connectivity index (χ0) is 31.3. The minimum Gasteiger partial charge on any atom is -0.493 e. The van der Waals surface area contributed by atoms with Crippen molar-refractivity contribution in [1.82, 2.24) is 9.62 Å². The molecule has 0 radical (unpaired) electrons. The lowest BCUT2D eigenvalue weighted by Gasteiger charge is -2.36. The first-order valence-corrected chi connectivity index (χ1v) is 15.6. The van der Waals surface area contributed by atoms with Crippen LogP contribution in [0.5, 0.6) is 11.5 Å². The number of amides is 1. The molecule has 5 rings (SSSR count). The van der Waals surface area contributed by atoms with Crippen LogP contribution in [0.4, 0.5) is 0 Å². The van der Waals surface area contributed by atoms with Gasteiger partial charge in [0, 0.05) is 18.5 Å². The van der Waals surface area contributed by atoms with Crippen molar-refractivity contribution in [2.75, 3.05) is 14.2 Å². The van der Waals surface area contributed by atoms with Gasteiger partial charge in [-0.25, -0.2) is 13.2 Å². The van der Waals surface area contributed by atoms with E-state index in [2.05, 4.69) is 5.32 Å². The number of rotatable bonds is 11. The lowest BCUT2D eigenvalue weighted by atomic mass is 9.85. The molecule has 10 heteroatoms. The number of benzene rings is 4. The third-order valence-corrected chi connectivity index (χ3v) is 9.81. The molecule has 4 aromatic carbocycles. The highest BCUT2D eigenvalue weighted by atomic mass is 32.2. The maximum absolute atomic E-state index is 14.1. The van der Waals surface area contributed by atoms with Crippen molar-refractivity contribution in [1.29, 1.82) is 0 Å². The highest BCUT2D eigenvalue weighted by Gasteiger charge is 2.41. The minimum atomic E-state index is -4.23. The van der Waals surface area contributed by atoms with Crippen LogP contribution in [0, 0.1) is 0 Å². The Labute approximate surface area is 257 Å². The normalized spacial score (nSPS) is 15.7. The lowest BCUT2D eigenvalue weighted by Crippen LogP contribution is -2.55. The third kappa shape index (κ3) is 6.46. The van der Waals surface area contributed by atoms with Crippen molar-refractivity contribution in [3.05, 3.63) is 125 Å². The van der Waals surface area contributed by atoms with Gasteiger partial charge in [-0.3, -0.25) is 4.79 Å². The van der Waals surface area contributed by atoms with Crippen molar-refractivity contribution >= 4 is 21.9 Å². The SMILES string of the molecule is COc1ccc(S(=O)(=O)N2Cc3ccccc3CC2C(=O)NC(CC(c2ccccc2)c2ccccc2)C(=O)O)cc1OC. The average Bonchev–Trinajstić information content (AvgIpc) is 3.06. The van der Waals surface area contributed by atoms with Gasteiger partial charge >= 0.3 is 5.97 Å². The summed E-state index contributed by atoms with van der Waals surface area (Å²) >= 11 is 0. The van der Waals surface area contributed by atoms with Crippen LogP contribution in [0.25, 0.3) is 0 Å². The summed E-state index contributed by atoms with van der Waals surface area (Å²) in [7, 11) is -1.37. The van der Waals surface area contributed by atoms with Crippen molar-refractivity contribution in [3.8, 4) is 11.5 Å². The van der Waals surface area contributed by atoms with Crippen LogP contribution >= 0.6 is 0 Å². The second kappa shape index (κ2) is 13.3. The van der Waals surface area contributed by atoms with E-state index in [0.717, 1.165) is 26.6 Å². The summed E-state index contributed by atoms with van der Waals surface area (Å²) in [5, 5.41) is 13.0. The summed E-state index contributed by atoms with van der Waals surface area (Å²) in [4.78, 5) is 26.5. The Morgan fingerprint density at radius 1 is 0.841 bits per heavy atom. The first-order valence-electron chi connectivity index (χ1n) is 14.2. The van der Waals surface area contributed by atoms with Crippen LogP contribution in [-0.2, 0) is 32.6 Å². The number of carbonyl (C=O) groups excluding carboxylic acids is 1. The number of fused-ring (bicyclic) bond motifs is 1. The van der Waals surface area contributed by atoms with Crippen LogP contribution in [0.3, 0.4) is 0 Å². The van der Waals surface area contributed by atoms with Crippen molar-refractivity contribution < 1.29 is 32.6 Å². The molecule has 0 saturated carbocycles. The summed E-state index contributed by atoms with van der Waals surface area (Å²) in [5.74, 6) is -1.62. The van der Waals surface area contributed by atoms with Gasteiger partial charge in [0.15, 0.2) is 11.5 Å². The number of carbonyl (C=O) groups is 2. The Morgan fingerprint density at radius 2 is 1.41 bits per heavy atom. The summed E-state index contributed by atoms with van der Waals surface area (Å²) in [5.41, 5.74) is 3.40. The second-order valence-electron chi connectivity index (χ2n) is 10.6. The number of sulfonamides is 1. The predicted molar refractivity (Wildman–Crippen MR) is 165 cm³/mol. The number of carboxylic acids is 1. The van der Waals surface area contributed by atoms with Crippen LogP contribution < -0.4 is 14.8 Å². The number of hydrogen-bond donors (Lipinski definition) is 2. The van der Waals surface area contributed by atoms with Crippen molar-refractivity contribution in [2.45, 2.75) is 42.3 Å². The van der Waals surface area contributed by atoms with E-state index in [0.29, 0.717) is 5.75 Å². The van der Waals surface area contributed by atoms with Gasteiger partial charge in [-0.05, 0) is 47.2 Å². The minimum absolute atomic E-state index is 0.0562. The van der Waals surface area contributed by atoms with E-state index in [1.165, 1.54) is 32.4 Å². The monoisotopic (exact) mass is 614 g/mol. The fourth-order valence-electron chi connectivity index (χ4n) is 5.65. The summed E-state index contributed by atoms with van der Waals surface area (Å²) in [6.45, 7) is -0.0562. The topological polar surface area (TPSA) is 122 Å². The first kappa shape index (κ1) is 30.8. The number of methoxy groups -OCH3 is 2. The zero-order valence-electron chi connectivity index (χ0n) is 24.4. The predicted octanol–water partition coefficient (Wildman–Crippen LogP) is 4.61. The van der Waals surface area contributed by atoms with Crippen LogP contribution in [0.15, 0.2) is 108 Å². The van der Waals surface area contributed by atoms with Gasteiger partial charge in [0.25, 0.3) is 0 Å². The van der Waals surface area contributed by atoms with Crippen LogP contribution in [0.2, 0.25) is 0 Å². The maximum atomic E-state index is 14.1. The highest BCUT2D eigenvalue weighted by Crippen LogP contribution is 2.35. The molecule has 0 saturated heterocycles. The van der Waals surface area contributed by atoms with E-state index in [1.807, 2.05) is 84.9 Å². The Kier molecular flexibility index (Phi) is 9.32. The molecule has 44 heavy (non-hydrogen) atoms. The van der Waals surface area contributed by atoms with Crippen molar-refractivity contribution in [2.24, 2.45) is 0 Å². The molecule has 1 aliphatic heterocycles. The molecular weight excluding hydrogens is 580 g/mol. The molecule has 1 amide bonds. The van der Waals surface area contributed by atoms with Gasteiger partial charge in [-0.2, -0.15) is 4.31 Å². The molecule has 0 spiro atoms. The zero-order valence-corrected chi connectivity index (χ0v) is 25.2. The number of nitrogens with one attached hydrogen (secondary N) is 1. The van der Waals surface area contributed by atoms with Crippen molar-refractivity contribution in [3.63, 3.8) is 0 Å². The number of ether oxygens (including phenoxy) is 2. The Bertz CT molecular complexity index is 1690. The van der Waals surface area contributed by atoms with Gasteiger partial charge in [-0.15, -0.1) is 0 Å². The number of aliphatic carboxylic acids is 1. The van der Waals surface area contributed by atoms with Gasteiger partial charge in [0.2, 0.25) is 15.9 Å². The van der Waals surface area contributed by atoms with E-state index in [9.17, 15) is 23.1 Å². The Balaban J connectivity index is 1.48. The smallest absolute Gasteiger partial charge is 0.326 e. The average molecular weight is 615 g/mol. The summed E-state index contributed by atoms with van der Waals surface area (Å²) < 4.78 is 39.9. The molecule has 2 unspecified atom stereocenters. The molecule has 0 aromatic heterocycles. The van der Waals surface area contributed by atoms with E-state index < -0.39 is 34.0 Å². The third-order valence-electron chi connectivity index (χ3n) is 7.96. The molecule has 0 aliphatic carbocycles. The number of hydrogen-bond acceptors (Lipinski definition) is 6. The maximum Gasteiger partial charge on any atom is 0.326 e. The summed E-state index contributed by atoms with van der Waals surface area (Å²) in [6.07, 6.45) is 0.155. The van der Waals surface area contributed by atoms with Gasteiger partial charge in [-0.1, -0.05) is 84.9 Å². The van der Waals surface area contributed by atoms with Gasteiger partial charge in [0.05, 0.1) is 19.1 Å². The standard InChI is InChI=1S/C34H34N2O7S/c1-42-31-18-17-27(20-32(31)43-2)44(40,41)36-22-26-16-10-9-15-25(26)19-30(36)33(37)35-29(34(38)39)21-28(23-11-5-3-6-12-23)24-13-7-4-8-14-24/h3-18,20,28-30H,19,21-22H2,1-2H3,(H,35,37)(H,38,39). The number of nitrogens with zero attached hydrogens (tertiary/aromatic N) is 1. The molecule has 0 bridgehead atoms. The summed E-state index contributed by atoms with van der Waals surface area (Å²) in [6, 6.07) is 28.1. The second-order valence-corrected chi connectivity index (χ2v) is 12.5. The quantitative estimate of drug-likeness (QED) is 0.253. The lowest BCUT2D eigenvalue weighted by molar-refractivity contribution is -0.142. The Morgan fingerprint density at radius 3 is 1.98 bits per heavy atom. The fraction of sp³-hybridized carbons (Fsp3) is 0.235. The largest absolute Gasteiger partial charge is 0.493 e. The van der Waals surface area contributed by atoms with E-state index in [1.54, 1.807) is 0 Å². The molecular formula is C34H34N2O7S.